The van der Waals surface area contributed by atoms with Crippen LogP contribution >= 0.6 is 0 Å². The molecule has 4 heteroatoms. The van der Waals surface area contributed by atoms with Crippen molar-refractivity contribution < 1.29 is 14.2 Å². The predicted molar refractivity (Wildman–Crippen MR) is 77.2 cm³/mol. The summed E-state index contributed by atoms with van der Waals surface area (Å²) in [6.45, 7) is 7.81. The van der Waals surface area contributed by atoms with Crippen LogP contribution in [0, 0.1) is 6.92 Å². The molecule has 0 amide bonds. The van der Waals surface area contributed by atoms with Crippen LogP contribution in [0.15, 0.2) is 12.1 Å². The smallest absolute Gasteiger partial charge is 0.126 e. The highest BCUT2D eigenvalue weighted by atomic mass is 16.5. The first kappa shape index (κ1) is 15.8. The third kappa shape index (κ3) is 3.85. The lowest BCUT2D eigenvalue weighted by atomic mass is 9.81. The number of ether oxygens (including phenoxy) is 3. The Morgan fingerprint density at radius 2 is 1.79 bits per heavy atom. The largest absolute Gasteiger partial charge is 0.497 e. The molecular weight excluding hydrogens is 242 g/mol. The SMILES string of the molecule is COCNCC(C)(C)c1c(C)cc(OC)cc1OC. The Morgan fingerprint density at radius 3 is 2.32 bits per heavy atom. The summed E-state index contributed by atoms with van der Waals surface area (Å²) >= 11 is 0. The molecule has 0 bridgehead atoms. The number of benzene rings is 1. The summed E-state index contributed by atoms with van der Waals surface area (Å²) in [5.74, 6) is 1.68. The quantitative estimate of drug-likeness (QED) is 0.608. The minimum atomic E-state index is -0.0553. The Balaban J connectivity index is 3.09. The third-order valence-corrected chi connectivity index (χ3v) is 3.22. The molecule has 0 radical (unpaired) electrons. The Bertz CT molecular complexity index is 416. The van der Waals surface area contributed by atoms with Gasteiger partial charge in [-0.1, -0.05) is 13.8 Å². The molecule has 4 nitrogen and oxygen atoms in total. The van der Waals surface area contributed by atoms with Crippen LogP contribution in [0.1, 0.15) is 25.0 Å². The van der Waals surface area contributed by atoms with E-state index in [1.165, 1.54) is 11.1 Å². The van der Waals surface area contributed by atoms with Crippen LogP contribution < -0.4 is 14.8 Å². The molecule has 0 fully saturated rings. The summed E-state index contributed by atoms with van der Waals surface area (Å²) in [5, 5.41) is 3.27. The summed E-state index contributed by atoms with van der Waals surface area (Å²) in [7, 11) is 5.04. The maximum Gasteiger partial charge on any atom is 0.126 e. The molecule has 0 heterocycles. The molecule has 0 aromatic heterocycles. The van der Waals surface area contributed by atoms with E-state index >= 15 is 0 Å². The number of nitrogens with one attached hydrogen (secondary N) is 1. The summed E-state index contributed by atoms with van der Waals surface area (Å²) < 4.78 is 15.8. The normalized spacial score (nSPS) is 11.5. The molecule has 0 saturated carbocycles. The fourth-order valence-corrected chi connectivity index (χ4v) is 2.42. The van der Waals surface area contributed by atoms with Crippen LogP contribution in [-0.2, 0) is 10.2 Å². The van der Waals surface area contributed by atoms with Gasteiger partial charge >= 0.3 is 0 Å². The number of hydrogen-bond donors (Lipinski definition) is 1. The van der Waals surface area contributed by atoms with Crippen molar-refractivity contribution in [3.05, 3.63) is 23.3 Å². The van der Waals surface area contributed by atoms with E-state index in [0.29, 0.717) is 6.73 Å². The van der Waals surface area contributed by atoms with Crippen molar-refractivity contribution in [2.75, 3.05) is 34.6 Å². The van der Waals surface area contributed by atoms with E-state index in [9.17, 15) is 0 Å². The zero-order valence-electron chi connectivity index (χ0n) is 12.8. The highest BCUT2D eigenvalue weighted by molar-refractivity contribution is 5.50. The van der Waals surface area contributed by atoms with E-state index in [4.69, 9.17) is 14.2 Å². The Kier molecular flexibility index (Phi) is 5.63. The minimum absolute atomic E-state index is 0.0553. The lowest BCUT2D eigenvalue weighted by molar-refractivity contribution is 0.169. The zero-order chi connectivity index (χ0) is 14.5. The molecule has 0 atom stereocenters. The molecular formula is C15H25NO3. The monoisotopic (exact) mass is 267 g/mol. The number of aryl methyl sites for hydroxylation is 1. The van der Waals surface area contributed by atoms with Gasteiger partial charge in [0.25, 0.3) is 0 Å². The van der Waals surface area contributed by atoms with Crippen LogP contribution in [0.3, 0.4) is 0 Å². The highest BCUT2D eigenvalue weighted by Gasteiger charge is 2.26. The van der Waals surface area contributed by atoms with Gasteiger partial charge in [-0.2, -0.15) is 0 Å². The molecule has 0 aliphatic carbocycles. The van der Waals surface area contributed by atoms with Gasteiger partial charge in [-0.25, -0.2) is 0 Å². The molecule has 0 saturated heterocycles. The lowest BCUT2D eigenvalue weighted by Gasteiger charge is -2.29. The van der Waals surface area contributed by atoms with Gasteiger partial charge in [0.2, 0.25) is 0 Å². The molecule has 1 aromatic rings. The molecule has 19 heavy (non-hydrogen) atoms. The first-order valence-electron chi connectivity index (χ1n) is 6.39. The van der Waals surface area contributed by atoms with Gasteiger partial charge in [-0.05, 0) is 18.6 Å². The highest BCUT2D eigenvalue weighted by Crippen LogP contribution is 2.37. The van der Waals surface area contributed by atoms with Crippen molar-refractivity contribution in [2.45, 2.75) is 26.2 Å². The van der Waals surface area contributed by atoms with Crippen molar-refractivity contribution in [3.8, 4) is 11.5 Å². The topological polar surface area (TPSA) is 39.7 Å². The van der Waals surface area contributed by atoms with Gasteiger partial charge in [0.15, 0.2) is 0 Å². The molecule has 1 N–H and O–H groups in total. The molecule has 0 unspecified atom stereocenters. The zero-order valence-corrected chi connectivity index (χ0v) is 12.8. The Hall–Kier alpha value is -1.26. The Labute approximate surface area is 116 Å². The third-order valence-electron chi connectivity index (χ3n) is 3.22. The van der Waals surface area contributed by atoms with E-state index in [-0.39, 0.29) is 5.41 Å². The number of rotatable bonds is 7. The van der Waals surface area contributed by atoms with Gasteiger partial charge in [-0.15, -0.1) is 0 Å². The van der Waals surface area contributed by atoms with Crippen LogP contribution in [-0.4, -0.2) is 34.6 Å². The Morgan fingerprint density at radius 1 is 1.11 bits per heavy atom. The molecule has 0 spiro atoms. The van der Waals surface area contributed by atoms with Crippen molar-refractivity contribution in [1.29, 1.82) is 0 Å². The second kappa shape index (κ2) is 6.78. The molecule has 0 aliphatic rings. The van der Waals surface area contributed by atoms with Crippen molar-refractivity contribution in [1.82, 2.24) is 5.32 Å². The van der Waals surface area contributed by atoms with Crippen molar-refractivity contribution in [3.63, 3.8) is 0 Å². The first-order chi connectivity index (χ1) is 8.96. The van der Waals surface area contributed by atoms with Crippen molar-refractivity contribution in [2.24, 2.45) is 0 Å². The van der Waals surface area contributed by atoms with Gasteiger partial charge in [0.1, 0.15) is 11.5 Å². The average molecular weight is 267 g/mol. The van der Waals surface area contributed by atoms with Crippen LogP contribution in [0.5, 0.6) is 11.5 Å². The summed E-state index contributed by atoms with van der Waals surface area (Å²) in [6.07, 6.45) is 0. The second-order valence-corrected chi connectivity index (χ2v) is 5.27. The standard InChI is InChI=1S/C15H25NO3/c1-11-7-12(18-5)8-13(19-6)14(11)15(2,3)9-16-10-17-4/h7-8,16H,9-10H2,1-6H3. The maximum atomic E-state index is 5.52. The van der Waals surface area contributed by atoms with Gasteiger partial charge in [-0.3, -0.25) is 5.32 Å². The van der Waals surface area contributed by atoms with Crippen LogP contribution in [0.2, 0.25) is 0 Å². The molecule has 1 aromatic carbocycles. The maximum absolute atomic E-state index is 5.52. The first-order valence-corrected chi connectivity index (χ1v) is 6.39. The van der Waals surface area contributed by atoms with Gasteiger partial charge in [0.05, 0.1) is 21.0 Å². The van der Waals surface area contributed by atoms with Crippen LogP contribution in [0.25, 0.3) is 0 Å². The molecule has 0 aliphatic heterocycles. The van der Waals surface area contributed by atoms with Crippen molar-refractivity contribution >= 4 is 0 Å². The van der Waals surface area contributed by atoms with E-state index < -0.39 is 0 Å². The van der Waals surface area contributed by atoms with Crippen LogP contribution in [0.4, 0.5) is 0 Å². The molecule has 1 rings (SSSR count). The predicted octanol–water partition coefficient (Wildman–Crippen LogP) is 2.48. The summed E-state index contributed by atoms with van der Waals surface area (Å²) in [6, 6.07) is 3.97. The lowest BCUT2D eigenvalue weighted by Crippen LogP contribution is -2.34. The summed E-state index contributed by atoms with van der Waals surface area (Å²) in [4.78, 5) is 0. The van der Waals surface area contributed by atoms with E-state index in [0.717, 1.165) is 18.0 Å². The van der Waals surface area contributed by atoms with E-state index in [1.807, 2.05) is 12.1 Å². The fourth-order valence-electron chi connectivity index (χ4n) is 2.42. The average Bonchev–Trinajstić information content (AvgIpc) is 2.37. The minimum Gasteiger partial charge on any atom is -0.497 e. The second-order valence-electron chi connectivity index (χ2n) is 5.27. The summed E-state index contributed by atoms with van der Waals surface area (Å²) in [5.41, 5.74) is 2.31. The fraction of sp³-hybridized carbons (Fsp3) is 0.600. The number of hydrogen-bond acceptors (Lipinski definition) is 4. The van der Waals surface area contributed by atoms with E-state index in [1.54, 1.807) is 21.3 Å². The van der Waals surface area contributed by atoms with Gasteiger partial charge < -0.3 is 14.2 Å². The van der Waals surface area contributed by atoms with Gasteiger partial charge in [0, 0.05) is 30.7 Å². The van der Waals surface area contributed by atoms with E-state index in [2.05, 4.69) is 26.1 Å². The number of methoxy groups -OCH3 is 3. The molecule has 108 valence electrons.